The summed E-state index contributed by atoms with van der Waals surface area (Å²) in [5.41, 5.74) is 7.17. The third kappa shape index (κ3) is 3.45. The van der Waals surface area contributed by atoms with Crippen LogP contribution in [-0.2, 0) is 4.74 Å². The summed E-state index contributed by atoms with van der Waals surface area (Å²) in [5, 5.41) is 0. The van der Waals surface area contributed by atoms with Gasteiger partial charge in [-0.3, -0.25) is 4.90 Å². The molecule has 1 heterocycles. The lowest BCUT2D eigenvalue weighted by Crippen LogP contribution is -2.40. The number of ether oxygens (including phenoxy) is 2. The van der Waals surface area contributed by atoms with Crippen LogP contribution in [0.15, 0.2) is 24.3 Å². The highest BCUT2D eigenvalue weighted by Crippen LogP contribution is 2.21. The summed E-state index contributed by atoms with van der Waals surface area (Å²) in [5.74, 6) is 1.26. The van der Waals surface area contributed by atoms with Gasteiger partial charge in [-0.1, -0.05) is 12.1 Å². The Balaban J connectivity index is 2.02. The summed E-state index contributed by atoms with van der Waals surface area (Å²) in [4.78, 5) is 2.42. The number of nitrogens with two attached hydrogens (primary N) is 1. The minimum atomic E-state index is 0.359. The van der Waals surface area contributed by atoms with Gasteiger partial charge in [-0.15, -0.1) is 0 Å². The minimum absolute atomic E-state index is 0.359. The number of methoxy groups -OCH3 is 1. The summed E-state index contributed by atoms with van der Waals surface area (Å²) >= 11 is 0. The van der Waals surface area contributed by atoms with Crippen molar-refractivity contribution in [3.8, 4) is 5.75 Å². The van der Waals surface area contributed by atoms with E-state index in [0.29, 0.717) is 12.5 Å². The molecule has 1 saturated heterocycles. The van der Waals surface area contributed by atoms with Crippen LogP contribution < -0.4 is 10.5 Å². The predicted octanol–water partition coefficient (Wildman–Crippen LogP) is 1.07. The van der Waals surface area contributed by atoms with E-state index in [0.717, 1.165) is 38.6 Å². The van der Waals surface area contributed by atoms with Crippen LogP contribution in [0.1, 0.15) is 11.5 Å². The molecule has 18 heavy (non-hydrogen) atoms. The monoisotopic (exact) mass is 250 g/mol. The number of hydrogen-bond acceptors (Lipinski definition) is 4. The molecule has 4 nitrogen and oxygen atoms in total. The number of hydrogen-bond donors (Lipinski definition) is 1. The molecule has 1 unspecified atom stereocenters. The van der Waals surface area contributed by atoms with Crippen molar-refractivity contribution < 1.29 is 9.47 Å². The summed E-state index contributed by atoms with van der Waals surface area (Å²) in [7, 11) is 1.69. The van der Waals surface area contributed by atoms with Crippen LogP contribution in [0.2, 0.25) is 0 Å². The second-order valence-electron chi connectivity index (χ2n) is 4.62. The van der Waals surface area contributed by atoms with E-state index in [1.807, 2.05) is 12.1 Å². The molecule has 1 fully saturated rings. The standard InChI is InChI=1S/C14H22N2O2/c1-17-14-4-2-3-12(9-14)13(10-15)11-16-5-7-18-8-6-16/h2-4,9,13H,5-8,10-11,15H2,1H3. The van der Waals surface area contributed by atoms with Crippen molar-refractivity contribution in [2.75, 3.05) is 46.5 Å². The van der Waals surface area contributed by atoms with Crippen molar-refractivity contribution in [1.82, 2.24) is 4.90 Å². The van der Waals surface area contributed by atoms with Crippen LogP contribution in [0, 0.1) is 0 Å². The topological polar surface area (TPSA) is 47.7 Å². The minimum Gasteiger partial charge on any atom is -0.497 e. The first-order valence-corrected chi connectivity index (χ1v) is 6.47. The highest BCUT2D eigenvalue weighted by molar-refractivity contribution is 5.31. The number of rotatable bonds is 5. The van der Waals surface area contributed by atoms with E-state index in [9.17, 15) is 0 Å². The molecule has 1 aliphatic heterocycles. The fraction of sp³-hybridized carbons (Fsp3) is 0.571. The van der Waals surface area contributed by atoms with Gasteiger partial charge in [0.25, 0.3) is 0 Å². The molecule has 0 radical (unpaired) electrons. The molecule has 0 spiro atoms. The van der Waals surface area contributed by atoms with Crippen molar-refractivity contribution in [2.45, 2.75) is 5.92 Å². The van der Waals surface area contributed by atoms with Gasteiger partial charge in [0.05, 0.1) is 20.3 Å². The van der Waals surface area contributed by atoms with Crippen molar-refractivity contribution in [1.29, 1.82) is 0 Å². The second-order valence-corrected chi connectivity index (χ2v) is 4.62. The van der Waals surface area contributed by atoms with E-state index in [1.54, 1.807) is 7.11 Å². The van der Waals surface area contributed by atoms with Crippen LogP contribution >= 0.6 is 0 Å². The largest absolute Gasteiger partial charge is 0.497 e. The zero-order valence-corrected chi connectivity index (χ0v) is 11.0. The quantitative estimate of drug-likeness (QED) is 0.849. The van der Waals surface area contributed by atoms with E-state index in [4.69, 9.17) is 15.2 Å². The van der Waals surface area contributed by atoms with Crippen molar-refractivity contribution in [3.05, 3.63) is 29.8 Å². The predicted molar refractivity (Wildman–Crippen MR) is 72.0 cm³/mol. The van der Waals surface area contributed by atoms with Gasteiger partial charge in [0.1, 0.15) is 5.75 Å². The SMILES string of the molecule is COc1cccc(C(CN)CN2CCOCC2)c1. The zero-order valence-electron chi connectivity index (χ0n) is 11.0. The Kier molecular flexibility index (Phi) is 4.99. The molecular formula is C14H22N2O2. The molecule has 0 amide bonds. The van der Waals surface area contributed by atoms with E-state index in [2.05, 4.69) is 17.0 Å². The average molecular weight is 250 g/mol. The number of morpholine rings is 1. The fourth-order valence-electron chi connectivity index (χ4n) is 2.31. The van der Waals surface area contributed by atoms with Crippen LogP contribution in [-0.4, -0.2) is 51.4 Å². The first-order valence-electron chi connectivity index (χ1n) is 6.47. The van der Waals surface area contributed by atoms with Gasteiger partial charge >= 0.3 is 0 Å². The highest BCUT2D eigenvalue weighted by atomic mass is 16.5. The highest BCUT2D eigenvalue weighted by Gasteiger charge is 2.17. The lowest BCUT2D eigenvalue weighted by molar-refractivity contribution is 0.0353. The van der Waals surface area contributed by atoms with Gasteiger partial charge in [-0.05, 0) is 17.7 Å². The van der Waals surface area contributed by atoms with Crippen molar-refractivity contribution in [2.24, 2.45) is 5.73 Å². The summed E-state index contributed by atoms with van der Waals surface area (Å²) in [6.07, 6.45) is 0. The van der Waals surface area contributed by atoms with Gasteiger partial charge in [0.2, 0.25) is 0 Å². The molecule has 1 aromatic rings. The van der Waals surface area contributed by atoms with Gasteiger partial charge in [0.15, 0.2) is 0 Å². The van der Waals surface area contributed by atoms with Gasteiger partial charge in [-0.25, -0.2) is 0 Å². The Morgan fingerprint density at radius 2 is 2.17 bits per heavy atom. The lowest BCUT2D eigenvalue weighted by Gasteiger charge is -2.30. The lowest BCUT2D eigenvalue weighted by atomic mass is 9.98. The van der Waals surface area contributed by atoms with Crippen LogP contribution in [0.3, 0.4) is 0 Å². The normalized spacial score (nSPS) is 18.6. The molecule has 0 aliphatic carbocycles. The first-order chi connectivity index (χ1) is 8.83. The maximum Gasteiger partial charge on any atom is 0.119 e. The third-order valence-electron chi connectivity index (χ3n) is 3.43. The van der Waals surface area contributed by atoms with E-state index in [-0.39, 0.29) is 0 Å². The summed E-state index contributed by atoms with van der Waals surface area (Å²) < 4.78 is 10.6. The molecular weight excluding hydrogens is 228 g/mol. The van der Waals surface area contributed by atoms with Crippen molar-refractivity contribution >= 4 is 0 Å². The molecule has 0 bridgehead atoms. The van der Waals surface area contributed by atoms with Gasteiger partial charge in [0, 0.05) is 32.1 Å². The summed E-state index contributed by atoms with van der Waals surface area (Å²) in [6.45, 7) is 5.31. The van der Waals surface area contributed by atoms with Crippen LogP contribution in [0.5, 0.6) is 5.75 Å². The van der Waals surface area contributed by atoms with E-state index >= 15 is 0 Å². The van der Waals surface area contributed by atoms with E-state index < -0.39 is 0 Å². The van der Waals surface area contributed by atoms with E-state index in [1.165, 1.54) is 5.56 Å². The summed E-state index contributed by atoms with van der Waals surface area (Å²) in [6, 6.07) is 8.19. The molecule has 2 N–H and O–H groups in total. The molecule has 2 rings (SSSR count). The smallest absolute Gasteiger partial charge is 0.119 e. The molecule has 1 aromatic carbocycles. The Morgan fingerprint density at radius 3 is 2.83 bits per heavy atom. The Bertz CT molecular complexity index is 365. The van der Waals surface area contributed by atoms with Crippen LogP contribution in [0.4, 0.5) is 0 Å². The zero-order chi connectivity index (χ0) is 12.8. The van der Waals surface area contributed by atoms with Crippen molar-refractivity contribution in [3.63, 3.8) is 0 Å². The Labute approximate surface area is 109 Å². The molecule has 4 heteroatoms. The molecule has 0 aromatic heterocycles. The van der Waals surface area contributed by atoms with Crippen LogP contribution in [0.25, 0.3) is 0 Å². The maximum atomic E-state index is 5.91. The average Bonchev–Trinajstić information content (AvgIpc) is 2.46. The fourth-order valence-corrected chi connectivity index (χ4v) is 2.31. The van der Waals surface area contributed by atoms with Gasteiger partial charge < -0.3 is 15.2 Å². The number of nitrogens with zero attached hydrogens (tertiary/aromatic N) is 1. The number of benzene rings is 1. The maximum absolute atomic E-state index is 5.91. The molecule has 1 aliphatic rings. The Hall–Kier alpha value is -1.10. The first kappa shape index (κ1) is 13.3. The second kappa shape index (κ2) is 6.73. The third-order valence-corrected chi connectivity index (χ3v) is 3.43. The molecule has 1 atom stereocenters. The Morgan fingerprint density at radius 1 is 1.39 bits per heavy atom. The molecule has 100 valence electrons. The molecule has 0 saturated carbocycles. The van der Waals surface area contributed by atoms with Gasteiger partial charge in [-0.2, -0.15) is 0 Å².